The Kier molecular flexibility index (Phi) is 9.91. The molecule has 35 heavy (non-hydrogen) atoms. The summed E-state index contributed by atoms with van der Waals surface area (Å²) in [5.74, 6) is 12.0. The van der Waals surface area contributed by atoms with Crippen molar-refractivity contribution in [3.8, 4) is 23.7 Å². The Morgan fingerprint density at radius 3 is 1.43 bits per heavy atom. The summed E-state index contributed by atoms with van der Waals surface area (Å²) in [5, 5.41) is -0.0579. The summed E-state index contributed by atoms with van der Waals surface area (Å²) in [5.41, 5.74) is 0. The van der Waals surface area contributed by atoms with Gasteiger partial charge in [0.05, 0.1) is 0 Å². The van der Waals surface area contributed by atoms with Crippen LogP contribution in [-0.4, -0.2) is 49.0 Å². The van der Waals surface area contributed by atoms with Crippen molar-refractivity contribution >= 4 is 30.7 Å². The van der Waals surface area contributed by atoms with E-state index in [0.717, 1.165) is 0 Å². The van der Waals surface area contributed by atoms with Gasteiger partial charge < -0.3 is 13.3 Å². The van der Waals surface area contributed by atoms with Crippen LogP contribution in [0, 0.1) is 23.7 Å². The third-order valence-corrected chi connectivity index (χ3v) is 21.6. The maximum atomic E-state index is 12.4. The molecule has 198 valence electrons. The van der Waals surface area contributed by atoms with E-state index in [1.165, 1.54) is 6.08 Å². The standard InChI is InChI=1S/C28H50O4Si3/c1-26(2,3)33(10,11)30-23-19-17-16-18-22(29)20-21-24(31-34(12,13)27(4,5)6)25(23)32-35(14,15)28(7,8)9/h16,18,23-25H,1-15H3/b18-16+/t23-,24+,25?/m0/s1. The number of ketones is 1. The molecule has 0 aromatic carbocycles. The van der Waals surface area contributed by atoms with Crippen LogP contribution in [0.2, 0.25) is 54.4 Å². The van der Waals surface area contributed by atoms with Crippen LogP contribution in [-0.2, 0) is 18.1 Å². The van der Waals surface area contributed by atoms with E-state index in [2.05, 4.69) is 125 Å². The second-order valence-electron chi connectivity index (χ2n) is 14.2. The molecule has 1 aliphatic rings. The first-order valence-electron chi connectivity index (χ1n) is 12.7. The van der Waals surface area contributed by atoms with E-state index in [1.54, 1.807) is 6.08 Å². The van der Waals surface area contributed by atoms with Crippen molar-refractivity contribution in [2.45, 2.75) is 135 Å². The average Bonchev–Trinajstić information content (AvgIpc) is 2.62. The third kappa shape index (κ3) is 8.55. The smallest absolute Gasteiger partial charge is 0.229 e. The number of allylic oxidation sites excluding steroid dienone is 2. The van der Waals surface area contributed by atoms with E-state index >= 15 is 0 Å². The highest BCUT2D eigenvalue weighted by atomic mass is 28.4. The molecular weight excluding hydrogens is 485 g/mol. The summed E-state index contributed by atoms with van der Waals surface area (Å²) in [6, 6.07) is 0. The molecule has 0 spiro atoms. The number of carbonyl (C=O) groups excluding carboxylic acids is 1. The molecule has 0 N–H and O–H groups in total. The van der Waals surface area contributed by atoms with E-state index in [1.807, 2.05) is 0 Å². The summed E-state index contributed by atoms with van der Waals surface area (Å²) in [6.07, 6.45) is 1.31. The lowest BCUT2D eigenvalue weighted by Crippen LogP contribution is -2.57. The van der Waals surface area contributed by atoms with Crippen molar-refractivity contribution in [3.63, 3.8) is 0 Å². The Hall–Kier alpha value is -0.939. The third-order valence-electron chi connectivity index (χ3n) is 8.17. The van der Waals surface area contributed by atoms with Crippen molar-refractivity contribution in [2.24, 2.45) is 0 Å². The van der Waals surface area contributed by atoms with Gasteiger partial charge in [-0.05, 0) is 66.4 Å². The minimum Gasteiger partial charge on any atom is -0.407 e. The molecule has 0 aliphatic heterocycles. The Morgan fingerprint density at radius 2 is 1.03 bits per heavy atom. The van der Waals surface area contributed by atoms with Crippen LogP contribution in [0.5, 0.6) is 0 Å². The van der Waals surface area contributed by atoms with Crippen LogP contribution in [0.15, 0.2) is 12.2 Å². The average molecular weight is 535 g/mol. The highest BCUT2D eigenvalue weighted by Gasteiger charge is 2.49. The predicted octanol–water partition coefficient (Wildman–Crippen LogP) is 7.30. The molecule has 0 fully saturated rings. The van der Waals surface area contributed by atoms with Crippen LogP contribution in [0.25, 0.3) is 0 Å². The van der Waals surface area contributed by atoms with Crippen LogP contribution < -0.4 is 0 Å². The van der Waals surface area contributed by atoms with Crippen molar-refractivity contribution < 1.29 is 18.1 Å². The lowest BCUT2D eigenvalue weighted by Gasteiger charge is -2.47. The molecule has 3 atom stereocenters. The molecule has 1 unspecified atom stereocenters. The lowest BCUT2D eigenvalue weighted by atomic mass is 10.1. The normalized spacial score (nSPS) is 23.6. The fourth-order valence-electron chi connectivity index (χ4n) is 2.58. The van der Waals surface area contributed by atoms with Crippen molar-refractivity contribution in [1.82, 2.24) is 0 Å². The summed E-state index contributed by atoms with van der Waals surface area (Å²) in [6.45, 7) is 33.2. The summed E-state index contributed by atoms with van der Waals surface area (Å²) in [4.78, 5) is 12.4. The number of hydrogen-bond donors (Lipinski definition) is 0. The molecule has 1 rings (SSSR count). The summed E-state index contributed by atoms with van der Waals surface area (Å²) in [7, 11) is -6.74. The molecule has 0 aromatic rings. The molecule has 7 heteroatoms. The van der Waals surface area contributed by atoms with Gasteiger partial charge in [0.2, 0.25) is 5.78 Å². The molecule has 4 nitrogen and oxygen atoms in total. The minimum absolute atomic E-state index is 0.00120. The van der Waals surface area contributed by atoms with Crippen LogP contribution in [0.3, 0.4) is 0 Å². The number of carbonyl (C=O) groups is 1. The maximum Gasteiger partial charge on any atom is 0.229 e. The van der Waals surface area contributed by atoms with Crippen LogP contribution in [0.4, 0.5) is 0 Å². The van der Waals surface area contributed by atoms with Gasteiger partial charge in [-0.2, -0.15) is 0 Å². The summed E-state index contributed by atoms with van der Waals surface area (Å²) >= 11 is 0. The molecule has 0 saturated heterocycles. The second-order valence-corrected chi connectivity index (χ2v) is 28.5. The highest BCUT2D eigenvalue weighted by Crippen LogP contribution is 2.43. The zero-order valence-corrected chi connectivity index (χ0v) is 28.0. The second kappa shape index (κ2) is 10.8. The Morgan fingerprint density at radius 1 is 0.657 bits per heavy atom. The van der Waals surface area contributed by atoms with Gasteiger partial charge in [0.1, 0.15) is 18.3 Å². The Labute approximate surface area is 219 Å². The summed E-state index contributed by atoms with van der Waals surface area (Å²) < 4.78 is 20.8. The Bertz CT molecular complexity index is 920. The lowest BCUT2D eigenvalue weighted by molar-refractivity contribution is -0.109. The first-order valence-corrected chi connectivity index (χ1v) is 21.4. The van der Waals surface area contributed by atoms with Gasteiger partial charge in [0.15, 0.2) is 25.0 Å². The molecule has 0 saturated carbocycles. The van der Waals surface area contributed by atoms with E-state index in [0.29, 0.717) is 0 Å². The highest BCUT2D eigenvalue weighted by molar-refractivity contribution is 6.75. The van der Waals surface area contributed by atoms with Gasteiger partial charge >= 0.3 is 0 Å². The van der Waals surface area contributed by atoms with Gasteiger partial charge in [-0.1, -0.05) is 80.1 Å². The topological polar surface area (TPSA) is 44.8 Å². The van der Waals surface area contributed by atoms with Gasteiger partial charge in [0.25, 0.3) is 0 Å². The van der Waals surface area contributed by atoms with E-state index in [4.69, 9.17) is 13.3 Å². The SMILES string of the molecule is CC(C)(C)[Si](C)(C)OC1[C@@H](O[Si](C)(C)C(C)(C)C)C#C/C=C/C(=O)C#C[C@H]1O[Si](C)(C)C(C)(C)C. The Balaban J connectivity index is 3.80. The molecule has 0 radical (unpaired) electrons. The van der Waals surface area contributed by atoms with E-state index in [9.17, 15) is 4.79 Å². The zero-order valence-electron chi connectivity index (χ0n) is 25.0. The van der Waals surface area contributed by atoms with Gasteiger partial charge in [0, 0.05) is 6.08 Å². The number of hydrogen-bond acceptors (Lipinski definition) is 4. The fourth-order valence-corrected chi connectivity index (χ4v) is 6.22. The van der Waals surface area contributed by atoms with E-state index < -0.39 is 43.3 Å². The van der Waals surface area contributed by atoms with Gasteiger partial charge in [-0.3, -0.25) is 4.79 Å². The monoisotopic (exact) mass is 534 g/mol. The van der Waals surface area contributed by atoms with Crippen LogP contribution >= 0.6 is 0 Å². The van der Waals surface area contributed by atoms with Crippen molar-refractivity contribution in [3.05, 3.63) is 12.2 Å². The predicted molar refractivity (Wildman–Crippen MR) is 156 cm³/mol. The first kappa shape index (κ1) is 32.1. The fraction of sp³-hybridized carbons (Fsp3) is 0.750. The zero-order chi connectivity index (χ0) is 27.7. The molecule has 0 heterocycles. The maximum absolute atomic E-state index is 12.4. The molecule has 1 aliphatic carbocycles. The largest absolute Gasteiger partial charge is 0.407 e. The molecule has 0 aromatic heterocycles. The van der Waals surface area contributed by atoms with Gasteiger partial charge in [-0.25, -0.2) is 0 Å². The quantitative estimate of drug-likeness (QED) is 0.204. The van der Waals surface area contributed by atoms with Crippen molar-refractivity contribution in [1.29, 1.82) is 0 Å². The minimum atomic E-state index is -2.27. The molecule has 0 amide bonds. The molecule has 0 bridgehead atoms. The molecular formula is C28H50O4Si3. The van der Waals surface area contributed by atoms with Crippen molar-refractivity contribution in [2.75, 3.05) is 0 Å². The van der Waals surface area contributed by atoms with Gasteiger partial charge in [-0.15, -0.1) is 0 Å². The van der Waals surface area contributed by atoms with Crippen LogP contribution in [0.1, 0.15) is 62.3 Å². The first-order chi connectivity index (χ1) is 15.4. The number of rotatable bonds is 6. The van der Waals surface area contributed by atoms with E-state index in [-0.39, 0.29) is 20.9 Å².